The van der Waals surface area contributed by atoms with E-state index >= 15 is 0 Å². The van der Waals surface area contributed by atoms with Crippen molar-refractivity contribution in [2.24, 2.45) is 5.10 Å². The Kier molecular flexibility index (Phi) is 5.84. The first-order valence-electron chi connectivity index (χ1n) is 8.63. The zero-order valence-corrected chi connectivity index (χ0v) is 15.9. The number of halogens is 1. The van der Waals surface area contributed by atoms with Crippen molar-refractivity contribution < 1.29 is 24.5 Å². The normalized spacial score (nSPS) is 16.0. The Balaban J connectivity index is 1.93. The second-order valence-corrected chi connectivity index (χ2v) is 6.77. The number of amides is 1. The van der Waals surface area contributed by atoms with E-state index in [1.165, 1.54) is 18.2 Å². The highest BCUT2D eigenvalue weighted by molar-refractivity contribution is 6.30. The Morgan fingerprint density at radius 3 is 2.54 bits per heavy atom. The van der Waals surface area contributed by atoms with Crippen LogP contribution in [0.3, 0.4) is 0 Å². The molecule has 3 rings (SSSR count). The fourth-order valence-corrected chi connectivity index (χ4v) is 3.19. The quantitative estimate of drug-likeness (QED) is 0.769. The monoisotopic (exact) mass is 402 g/mol. The fourth-order valence-electron chi connectivity index (χ4n) is 3.06. The maximum Gasteiger partial charge on any atom is 0.303 e. The molecule has 1 aliphatic heterocycles. The minimum atomic E-state index is -1.05. The van der Waals surface area contributed by atoms with Gasteiger partial charge in [0, 0.05) is 17.9 Å². The maximum atomic E-state index is 12.6. The van der Waals surface area contributed by atoms with Crippen LogP contribution in [0.25, 0.3) is 0 Å². The molecule has 2 N–H and O–H groups in total. The van der Waals surface area contributed by atoms with Crippen LogP contribution in [0, 0.1) is 0 Å². The summed E-state index contributed by atoms with van der Waals surface area (Å²) in [6, 6.07) is 11.5. The smallest absolute Gasteiger partial charge is 0.303 e. The molecule has 1 heterocycles. The number of carbonyl (C=O) groups excluding carboxylic acids is 1. The number of hydrogen-bond acceptors (Lipinski definition) is 5. The van der Waals surface area contributed by atoms with Crippen LogP contribution in [-0.4, -0.2) is 39.9 Å². The van der Waals surface area contributed by atoms with Crippen molar-refractivity contribution in [3.8, 4) is 11.5 Å². The highest BCUT2D eigenvalue weighted by atomic mass is 35.5. The Bertz CT molecular complexity index is 927. The number of phenols is 1. The molecule has 2 aromatic carbocycles. The second-order valence-electron chi connectivity index (χ2n) is 6.34. The van der Waals surface area contributed by atoms with Crippen LogP contribution in [0.5, 0.6) is 11.5 Å². The van der Waals surface area contributed by atoms with Crippen molar-refractivity contribution in [1.82, 2.24) is 5.01 Å². The Morgan fingerprint density at radius 1 is 1.21 bits per heavy atom. The van der Waals surface area contributed by atoms with Gasteiger partial charge in [-0.15, -0.1) is 0 Å². The van der Waals surface area contributed by atoms with Gasteiger partial charge in [0.05, 0.1) is 25.3 Å². The molecule has 2 aromatic rings. The summed E-state index contributed by atoms with van der Waals surface area (Å²) in [4.78, 5) is 23.5. The number of phenolic OH excluding ortho intramolecular Hbond substituents is 1. The zero-order chi connectivity index (χ0) is 20.3. The molecule has 0 spiro atoms. The Morgan fingerprint density at radius 2 is 1.93 bits per heavy atom. The highest BCUT2D eigenvalue weighted by Crippen LogP contribution is 2.37. The largest absolute Gasteiger partial charge is 0.504 e. The van der Waals surface area contributed by atoms with Crippen LogP contribution in [-0.2, 0) is 9.59 Å². The topological polar surface area (TPSA) is 99.4 Å². The standard InChI is InChI=1S/C20H19ClN2O5/c1-28-18-7-4-13(10-17(18)24)16-11-15(12-2-5-14(21)6-3-12)22-23(16)19(25)8-9-20(26)27/h2-7,10,16,24H,8-9,11H2,1H3,(H,26,27). The number of aliphatic carboxylic acids is 1. The molecule has 1 aliphatic rings. The minimum absolute atomic E-state index is 0.0436. The molecule has 146 valence electrons. The molecular formula is C20H19ClN2O5. The van der Waals surface area contributed by atoms with E-state index in [-0.39, 0.29) is 18.6 Å². The van der Waals surface area contributed by atoms with E-state index in [1.54, 1.807) is 24.3 Å². The van der Waals surface area contributed by atoms with Crippen LogP contribution >= 0.6 is 11.6 Å². The second kappa shape index (κ2) is 8.31. The van der Waals surface area contributed by atoms with Crippen LogP contribution in [0.2, 0.25) is 5.02 Å². The van der Waals surface area contributed by atoms with E-state index < -0.39 is 17.9 Å². The van der Waals surface area contributed by atoms with Gasteiger partial charge < -0.3 is 14.9 Å². The van der Waals surface area contributed by atoms with Crippen molar-refractivity contribution in [3.05, 3.63) is 58.6 Å². The lowest BCUT2D eigenvalue weighted by atomic mass is 9.98. The van der Waals surface area contributed by atoms with Gasteiger partial charge in [-0.25, -0.2) is 5.01 Å². The number of benzene rings is 2. The van der Waals surface area contributed by atoms with Gasteiger partial charge in [-0.2, -0.15) is 5.10 Å². The molecule has 28 heavy (non-hydrogen) atoms. The van der Waals surface area contributed by atoms with Gasteiger partial charge in [0.1, 0.15) is 0 Å². The van der Waals surface area contributed by atoms with Crippen molar-refractivity contribution in [1.29, 1.82) is 0 Å². The molecule has 0 aromatic heterocycles. The molecule has 1 amide bonds. The van der Waals surface area contributed by atoms with Gasteiger partial charge in [0.25, 0.3) is 0 Å². The first kappa shape index (κ1) is 19.7. The molecular weight excluding hydrogens is 384 g/mol. The van der Waals surface area contributed by atoms with Crippen LogP contribution in [0.1, 0.15) is 36.4 Å². The summed E-state index contributed by atoms with van der Waals surface area (Å²) >= 11 is 5.94. The minimum Gasteiger partial charge on any atom is -0.504 e. The first-order chi connectivity index (χ1) is 13.4. The molecule has 0 aliphatic carbocycles. The lowest BCUT2D eigenvalue weighted by Gasteiger charge is -2.22. The van der Waals surface area contributed by atoms with Crippen molar-refractivity contribution >= 4 is 29.2 Å². The first-order valence-corrected chi connectivity index (χ1v) is 9.01. The van der Waals surface area contributed by atoms with Gasteiger partial charge in [-0.05, 0) is 35.4 Å². The van der Waals surface area contributed by atoms with Crippen molar-refractivity contribution in [2.75, 3.05) is 7.11 Å². The summed E-state index contributed by atoms with van der Waals surface area (Å²) in [7, 11) is 1.45. The molecule has 1 atom stereocenters. The number of ether oxygens (including phenoxy) is 1. The summed E-state index contributed by atoms with van der Waals surface area (Å²) in [5.74, 6) is -1.16. The van der Waals surface area contributed by atoms with Crippen LogP contribution < -0.4 is 4.74 Å². The number of rotatable bonds is 6. The van der Waals surface area contributed by atoms with Gasteiger partial charge in [0.15, 0.2) is 11.5 Å². The third kappa shape index (κ3) is 4.26. The Labute approximate surface area is 166 Å². The number of hydrazone groups is 1. The average molecular weight is 403 g/mol. The number of carboxylic acid groups (broad SMARTS) is 1. The van der Waals surface area contributed by atoms with E-state index in [0.717, 1.165) is 5.56 Å². The van der Waals surface area contributed by atoms with Gasteiger partial charge in [0.2, 0.25) is 5.91 Å². The Hall–Kier alpha value is -3.06. The summed E-state index contributed by atoms with van der Waals surface area (Å²) in [6.45, 7) is 0. The van der Waals surface area contributed by atoms with Gasteiger partial charge in [-0.3, -0.25) is 9.59 Å². The lowest BCUT2D eigenvalue weighted by molar-refractivity contribution is -0.141. The molecule has 0 saturated carbocycles. The van der Waals surface area contributed by atoms with E-state index in [0.29, 0.717) is 28.5 Å². The fraction of sp³-hybridized carbons (Fsp3) is 0.250. The summed E-state index contributed by atoms with van der Waals surface area (Å²) < 4.78 is 5.07. The maximum absolute atomic E-state index is 12.6. The van der Waals surface area contributed by atoms with Gasteiger partial charge >= 0.3 is 5.97 Å². The number of carboxylic acids is 1. The predicted octanol–water partition coefficient (Wildman–Crippen LogP) is 3.60. The van der Waals surface area contributed by atoms with Gasteiger partial charge in [-0.1, -0.05) is 29.8 Å². The highest BCUT2D eigenvalue weighted by Gasteiger charge is 2.33. The SMILES string of the molecule is COc1ccc(C2CC(c3ccc(Cl)cc3)=NN2C(=O)CCC(=O)O)cc1O. The summed E-state index contributed by atoms with van der Waals surface area (Å²) in [5.41, 5.74) is 2.18. The number of methoxy groups -OCH3 is 1. The third-order valence-corrected chi connectivity index (χ3v) is 4.74. The van der Waals surface area contributed by atoms with Crippen molar-refractivity contribution in [2.45, 2.75) is 25.3 Å². The van der Waals surface area contributed by atoms with E-state index in [4.69, 9.17) is 21.4 Å². The molecule has 0 bridgehead atoms. The van der Waals surface area contributed by atoms with E-state index in [9.17, 15) is 14.7 Å². The van der Waals surface area contributed by atoms with Crippen molar-refractivity contribution in [3.63, 3.8) is 0 Å². The molecule has 0 saturated heterocycles. The van der Waals surface area contributed by atoms with Crippen LogP contribution in [0.4, 0.5) is 0 Å². The van der Waals surface area contributed by atoms with Crippen LogP contribution in [0.15, 0.2) is 47.6 Å². The lowest BCUT2D eigenvalue weighted by Crippen LogP contribution is -2.27. The molecule has 8 heteroatoms. The number of carbonyl (C=O) groups is 2. The van der Waals surface area contributed by atoms with E-state index in [1.807, 2.05) is 12.1 Å². The molecule has 0 radical (unpaired) electrons. The molecule has 0 fully saturated rings. The number of hydrogen-bond donors (Lipinski definition) is 2. The zero-order valence-electron chi connectivity index (χ0n) is 15.1. The molecule has 7 nitrogen and oxygen atoms in total. The summed E-state index contributed by atoms with van der Waals surface area (Å²) in [6.07, 6.45) is -0.0146. The average Bonchev–Trinajstić information content (AvgIpc) is 3.12. The van der Waals surface area contributed by atoms with E-state index in [2.05, 4.69) is 5.10 Å². The molecule has 1 unspecified atom stereocenters. The third-order valence-electron chi connectivity index (χ3n) is 4.48. The summed E-state index contributed by atoms with van der Waals surface area (Å²) in [5, 5.41) is 25.3. The predicted molar refractivity (Wildman–Crippen MR) is 104 cm³/mol. The number of nitrogens with zero attached hydrogens (tertiary/aromatic N) is 2. The number of aromatic hydroxyl groups is 1.